The lowest BCUT2D eigenvalue weighted by Gasteiger charge is -2.07. The van der Waals surface area contributed by atoms with Crippen molar-refractivity contribution in [2.75, 3.05) is 5.75 Å². The quantitative estimate of drug-likeness (QED) is 0.655. The van der Waals surface area contributed by atoms with Crippen LogP contribution in [-0.4, -0.2) is 20.0 Å². The maximum absolute atomic E-state index is 12.5. The SMILES string of the molecule is Cc1ccc(S(=O)(=O)CCC(=O)c2cccc3ccccc23)cc1. The Bertz CT molecular complexity index is 982. The highest BCUT2D eigenvalue weighted by molar-refractivity contribution is 7.91. The van der Waals surface area contributed by atoms with Gasteiger partial charge in [0.05, 0.1) is 10.6 Å². The number of aryl methyl sites for hydroxylation is 1. The van der Waals surface area contributed by atoms with Crippen molar-refractivity contribution in [1.29, 1.82) is 0 Å². The van der Waals surface area contributed by atoms with Crippen molar-refractivity contribution in [3.8, 4) is 0 Å². The highest BCUT2D eigenvalue weighted by Gasteiger charge is 2.18. The van der Waals surface area contributed by atoms with Crippen LogP contribution in [0, 0.1) is 6.92 Å². The molecule has 0 radical (unpaired) electrons. The zero-order valence-corrected chi connectivity index (χ0v) is 14.2. The molecule has 3 aromatic rings. The van der Waals surface area contributed by atoms with E-state index in [1.165, 1.54) is 0 Å². The number of fused-ring (bicyclic) bond motifs is 1. The van der Waals surface area contributed by atoms with Crippen molar-refractivity contribution in [3.63, 3.8) is 0 Å². The summed E-state index contributed by atoms with van der Waals surface area (Å²) < 4.78 is 24.8. The molecule has 0 saturated carbocycles. The number of hydrogen-bond acceptors (Lipinski definition) is 3. The maximum atomic E-state index is 12.5. The molecule has 3 nitrogen and oxygen atoms in total. The molecule has 0 aliphatic carbocycles. The Balaban J connectivity index is 1.81. The third kappa shape index (κ3) is 3.39. The number of carbonyl (C=O) groups is 1. The molecule has 0 spiro atoms. The van der Waals surface area contributed by atoms with Gasteiger partial charge in [0.2, 0.25) is 0 Å². The van der Waals surface area contributed by atoms with Gasteiger partial charge in [-0.15, -0.1) is 0 Å². The summed E-state index contributed by atoms with van der Waals surface area (Å²) in [6.07, 6.45) is -0.0236. The minimum Gasteiger partial charge on any atom is -0.294 e. The van der Waals surface area contributed by atoms with Gasteiger partial charge >= 0.3 is 0 Å². The number of benzene rings is 3. The number of sulfone groups is 1. The normalized spacial score (nSPS) is 11.5. The highest BCUT2D eigenvalue weighted by Crippen LogP contribution is 2.21. The van der Waals surface area contributed by atoms with Crippen LogP contribution in [0.2, 0.25) is 0 Å². The summed E-state index contributed by atoms with van der Waals surface area (Å²) in [5.41, 5.74) is 1.58. The zero-order chi connectivity index (χ0) is 17.2. The first kappa shape index (κ1) is 16.4. The average Bonchev–Trinajstić information content (AvgIpc) is 2.59. The summed E-state index contributed by atoms with van der Waals surface area (Å²) in [6, 6.07) is 19.8. The summed E-state index contributed by atoms with van der Waals surface area (Å²) in [6.45, 7) is 1.90. The molecule has 0 aliphatic rings. The van der Waals surface area contributed by atoms with E-state index in [2.05, 4.69) is 0 Å². The molecule has 0 atom stereocenters. The van der Waals surface area contributed by atoms with E-state index in [1.807, 2.05) is 43.3 Å². The van der Waals surface area contributed by atoms with Crippen molar-refractivity contribution in [2.24, 2.45) is 0 Å². The molecule has 3 rings (SSSR count). The lowest BCUT2D eigenvalue weighted by molar-refractivity contribution is 0.0990. The topological polar surface area (TPSA) is 51.2 Å². The Morgan fingerprint density at radius 1 is 0.875 bits per heavy atom. The van der Waals surface area contributed by atoms with E-state index >= 15 is 0 Å². The molecule has 3 aromatic carbocycles. The van der Waals surface area contributed by atoms with Crippen LogP contribution in [0.15, 0.2) is 71.6 Å². The minimum absolute atomic E-state index is 0.0236. The highest BCUT2D eigenvalue weighted by atomic mass is 32.2. The van der Waals surface area contributed by atoms with Crippen LogP contribution < -0.4 is 0 Å². The van der Waals surface area contributed by atoms with Crippen LogP contribution in [0.1, 0.15) is 22.3 Å². The number of hydrogen-bond donors (Lipinski definition) is 0. The predicted molar refractivity (Wildman–Crippen MR) is 96.1 cm³/mol. The number of ketones is 1. The minimum atomic E-state index is -3.45. The molecule has 0 bridgehead atoms. The van der Waals surface area contributed by atoms with Crippen molar-refractivity contribution in [3.05, 3.63) is 77.9 Å². The van der Waals surface area contributed by atoms with Crippen molar-refractivity contribution in [1.82, 2.24) is 0 Å². The van der Waals surface area contributed by atoms with Gasteiger partial charge in [0, 0.05) is 12.0 Å². The maximum Gasteiger partial charge on any atom is 0.178 e. The van der Waals surface area contributed by atoms with E-state index in [-0.39, 0.29) is 22.9 Å². The van der Waals surface area contributed by atoms with Crippen LogP contribution in [0.3, 0.4) is 0 Å². The van der Waals surface area contributed by atoms with E-state index in [9.17, 15) is 13.2 Å². The van der Waals surface area contributed by atoms with Gasteiger partial charge in [-0.2, -0.15) is 0 Å². The van der Waals surface area contributed by atoms with Gasteiger partial charge < -0.3 is 0 Å². The third-order valence-electron chi connectivity index (χ3n) is 4.07. The Morgan fingerprint density at radius 2 is 1.54 bits per heavy atom. The van der Waals surface area contributed by atoms with E-state index < -0.39 is 9.84 Å². The molecule has 4 heteroatoms. The van der Waals surface area contributed by atoms with E-state index in [1.54, 1.807) is 30.3 Å². The molecule has 0 heterocycles. The lowest BCUT2D eigenvalue weighted by Crippen LogP contribution is -2.12. The second-order valence-corrected chi connectivity index (χ2v) is 7.94. The largest absolute Gasteiger partial charge is 0.294 e. The monoisotopic (exact) mass is 338 g/mol. The average molecular weight is 338 g/mol. The lowest BCUT2D eigenvalue weighted by atomic mass is 10.0. The van der Waals surface area contributed by atoms with Crippen LogP contribution in [0.5, 0.6) is 0 Å². The first-order valence-corrected chi connectivity index (χ1v) is 9.43. The summed E-state index contributed by atoms with van der Waals surface area (Å²) in [5.74, 6) is -0.333. The van der Waals surface area contributed by atoms with Gasteiger partial charge in [-0.05, 0) is 29.8 Å². The molecular formula is C20H18O3S. The fourth-order valence-electron chi connectivity index (χ4n) is 2.69. The summed E-state index contributed by atoms with van der Waals surface area (Å²) in [5, 5.41) is 1.84. The van der Waals surface area contributed by atoms with Gasteiger partial charge in [-0.25, -0.2) is 8.42 Å². The van der Waals surface area contributed by atoms with Crippen LogP contribution in [0.4, 0.5) is 0 Å². The molecule has 0 aromatic heterocycles. The van der Waals surface area contributed by atoms with E-state index in [4.69, 9.17) is 0 Å². The van der Waals surface area contributed by atoms with Crippen molar-refractivity contribution < 1.29 is 13.2 Å². The molecule has 0 saturated heterocycles. The van der Waals surface area contributed by atoms with Gasteiger partial charge in [0.15, 0.2) is 15.6 Å². The molecule has 0 aliphatic heterocycles. The Kier molecular flexibility index (Phi) is 4.49. The Morgan fingerprint density at radius 3 is 2.29 bits per heavy atom. The fourth-order valence-corrected chi connectivity index (χ4v) is 3.93. The molecule has 0 N–H and O–H groups in total. The van der Waals surface area contributed by atoms with Crippen molar-refractivity contribution in [2.45, 2.75) is 18.2 Å². The van der Waals surface area contributed by atoms with Gasteiger partial charge in [-0.1, -0.05) is 60.2 Å². The molecule has 0 amide bonds. The smallest absolute Gasteiger partial charge is 0.178 e. The number of rotatable bonds is 5. The number of carbonyl (C=O) groups excluding carboxylic acids is 1. The second kappa shape index (κ2) is 6.57. The zero-order valence-electron chi connectivity index (χ0n) is 13.4. The summed E-state index contributed by atoms with van der Waals surface area (Å²) in [7, 11) is -3.45. The summed E-state index contributed by atoms with van der Waals surface area (Å²) >= 11 is 0. The molecule has 0 fully saturated rings. The first-order valence-electron chi connectivity index (χ1n) is 7.78. The molecular weight excluding hydrogens is 320 g/mol. The Labute approximate surface area is 141 Å². The number of Topliss-reactive ketones (excluding diaryl/α,β-unsaturated/α-hetero) is 1. The summed E-state index contributed by atoms with van der Waals surface area (Å²) in [4.78, 5) is 12.8. The molecule has 122 valence electrons. The Hall–Kier alpha value is -2.46. The predicted octanol–water partition coefficient (Wildman–Crippen LogP) is 4.19. The van der Waals surface area contributed by atoms with Gasteiger partial charge in [0.25, 0.3) is 0 Å². The molecule has 24 heavy (non-hydrogen) atoms. The van der Waals surface area contributed by atoms with Gasteiger partial charge in [-0.3, -0.25) is 4.79 Å². The van der Waals surface area contributed by atoms with Crippen molar-refractivity contribution >= 4 is 26.4 Å². The second-order valence-electron chi connectivity index (χ2n) is 5.83. The fraction of sp³-hybridized carbons (Fsp3) is 0.150. The standard InChI is InChI=1S/C20H18O3S/c1-15-9-11-17(12-10-15)24(22,23)14-13-20(21)19-8-4-6-16-5-2-3-7-18(16)19/h2-12H,13-14H2,1H3. The van der Waals surface area contributed by atoms with E-state index in [0.29, 0.717) is 5.56 Å². The van der Waals surface area contributed by atoms with E-state index in [0.717, 1.165) is 16.3 Å². The van der Waals surface area contributed by atoms with Gasteiger partial charge in [0.1, 0.15) is 0 Å². The third-order valence-corrected chi connectivity index (χ3v) is 5.80. The van der Waals surface area contributed by atoms with Crippen LogP contribution >= 0.6 is 0 Å². The first-order chi connectivity index (χ1) is 11.5. The van der Waals surface area contributed by atoms with Crippen LogP contribution in [-0.2, 0) is 9.84 Å². The molecule has 0 unspecified atom stereocenters. The van der Waals surface area contributed by atoms with Crippen LogP contribution in [0.25, 0.3) is 10.8 Å².